The number of ketones is 2. The second-order valence-electron chi connectivity index (χ2n) is 6.40. The summed E-state index contributed by atoms with van der Waals surface area (Å²) < 4.78 is 1.68. The average Bonchev–Trinajstić information content (AvgIpc) is 3.11. The fourth-order valence-corrected chi connectivity index (χ4v) is 3.48. The van der Waals surface area contributed by atoms with E-state index in [-0.39, 0.29) is 17.3 Å². The Bertz CT molecular complexity index is 1270. The maximum atomic E-state index is 13.0. The Morgan fingerprint density at radius 3 is 2.15 bits per heavy atom. The van der Waals surface area contributed by atoms with Gasteiger partial charge in [-0.15, -0.1) is 0 Å². The first-order valence-electron chi connectivity index (χ1n) is 8.43. The van der Waals surface area contributed by atoms with Crippen molar-refractivity contribution in [1.29, 1.82) is 0 Å². The molecular weight excluding hydrogens is 340 g/mol. The van der Waals surface area contributed by atoms with Crippen LogP contribution in [0.4, 0.5) is 0 Å². The van der Waals surface area contributed by atoms with Gasteiger partial charge in [0.1, 0.15) is 23.3 Å². The lowest BCUT2D eigenvalue weighted by molar-refractivity contribution is 0.0973. The van der Waals surface area contributed by atoms with Crippen LogP contribution in [0.2, 0.25) is 0 Å². The molecule has 0 spiro atoms. The van der Waals surface area contributed by atoms with E-state index in [1.54, 1.807) is 53.1 Å². The monoisotopic (exact) mass is 352 g/mol. The number of pyridine rings is 1. The van der Waals surface area contributed by atoms with Crippen molar-refractivity contribution >= 4 is 23.5 Å². The van der Waals surface area contributed by atoms with Crippen molar-refractivity contribution < 1.29 is 14.4 Å². The number of hydrogen-bond acceptors (Lipinski definition) is 4. The van der Waals surface area contributed by atoms with Crippen LogP contribution in [0.15, 0.2) is 66.9 Å². The van der Waals surface area contributed by atoms with Crippen LogP contribution in [-0.4, -0.2) is 27.2 Å². The summed E-state index contributed by atoms with van der Waals surface area (Å²) in [7, 11) is 0. The molecular formula is C22H12N2O3. The zero-order valence-electron chi connectivity index (χ0n) is 14.0. The van der Waals surface area contributed by atoms with Gasteiger partial charge in [0.25, 0.3) is 0 Å². The molecule has 0 unspecified atom stereocenters. The zero-order chi connectivity index (χ0) is 18.5. The molecule has 0 atom stereocenters. The van der Waals surface area contributed by atoms with Gasteiger partial charge in [0.15, 0.2) is 0 Å². The molecule has 2 aromatic carbocycles. The zero-order valence-corrected chi connectivity index (χ0v) is 14.0. The lowest BCUT2D eigenvalue weighted by Gasteiger charge is -2.13. The number of aldehydes is 1. The highest BCUT2D eigenvalue weighted by atomic mass is 16.1. The molecule has 0 amide bonds. The Hall–Kier alpha value is -3.86. The highest BCUT2D eigenvalue weighted by molar-refractivity contribution is 6.27. The largest absolute Gasteiger partial charge is 0.298 e. The summed E-state index contributed by atoms with van der Waals surface area (Å²) in [5.41, 5.74) is 4.17. The predicted molar refractivity (Wildman–Crippen MR) is 99.3 cm³/mol. The molecule has 5 rings (SSSR count). The molecule has 0 saturated carbocycles. The van der Waals surface area contributed by atoms with Gasteiger partial charge in [-0.25, -0.2) is 4.98 Å². The van der Waals surface area contributed by atoms with Crippen LogP contribution < -0.4 is 0 Å². The van der Waals surface area contributed by atoms with Crippen molar-refractivity contribution in [3.63, 3.8) is 0 Å². The first-order valence-corrected chi connectivity index (χ1v) is 8.43. The molecule has 4 aromatic rings. The highest BCUT2D eigenvalue weighted by Crippen LogP contribution is 2.29. The van der Waals surface area contributed by atoms with E-state index in [1.165, 1.54) is 0 Å². The summed E-state index contributed by atoms with van der Waals surface area (Å²) in [5, 5.41) is 0. The van der Waals surface area contributed by atoms with Crippen LogP contribution in [-0.2, 0) is 0 Å². The van der Waals surface area contributed by atoms with Gasteiger partial charge >= 0.3 is 0 Å². The fraction of sp³-hybridized carbons (Fsp3) is 0. The summed E-state index contributed by atoms with van der Waals surface area (Å²) in [4.78, 5) is 41.0. The van der Waals surface area contributed by atoms with Gasteiger partial charge < -0.3 is 0 Å². The van der Waals surface area contributed by atoms with Crippen molar-refractivity contribution in [2.45, 2.75) is 0 Å². The maximum Gasteiger partial charge on any atom is 0.214 e. The molecule has 0 bridgehead atoms. The van der Waals surface area contributed by atoms with Crippen molar-refractivity contribution in [3.05, 3.63) is 94.9 Å². The smallest absolute Gasteiger partial charge is 0.214 e. The third-order valence-corrected chi connectivity index (χ3v) is 4.85. The lowest BCUT2D eigenvalue weighted by atomic mass is 9.90. The Kier molecular flexibility index (Phi) is 3.18. The van der Waals surface area contributed by atoms with E-state index in [0.29, 0.717) is 28.0 Å². The van der Waals surface area contributed by atoms with E-state index in [9.17, 15) is 14.4 Å². The normalized spacial score (nSPS) is 12.7. The third-order valence-electron chi connectivity index (χ3n) is 4.85. The van der Waals surface area contributed by atoms with Crippen molar-refractivity contribution in [2.75, 3.05) is 0 Å². The molecule has 2 aromatic heterocycles. The molecule has 0 fully saturated rings. The van der Waals surface area contributed by atoms with Crippen LogP contribution in [0.3, 0.4) is 0 Å². The van der Waals surface area contributed by atoms with Gasteiger partial charge in [0.05, 0.1) is 0 Å². The van der Waals surface area contributed by atoms with Gasteiger partial charge in [-0.3, -0.25) is 18.8 Å². The number of nitrogens with zero attached hydrogens (tertiary/aromatic N) is 2. The van der Waals surface area contributed by atoms with Gasteiger partial charge in [-0.05, 0) is 23.3 Å². The van der Waals surface area contributed by atoms with E-state index in [4.69, 9.17) is 0 Å². The van der Waals surface area contributed by atoms with E-state index in [0.717, 1.165) is 17.4 Å². The molecule has 0 N–H and O–H groups in total. The van der Waals surface area contributed by atoms with Crippen LogP contribution in [0, 0.1) is 0 Å². The molecule has 0 radical (unpaired) electrons. The summed E-state index contributed by atoms with van der Waals surface area (Å²) in [6, 6.07) is 17.6. The van der Waals surface area contributed by atoms with Crippen molar-refractivity contribution in [1.82, 2.24) is 9.38 Å². The first kappa shape index (κ1) is 15.4. The summed E-state index contributed by atoms with van der Waals surface area (Å²) in [6.07, 6.45) is 2.59. The topological polar surface area (TPSA) is 68.5 Å². The van der Waals surface area contributed by atoms with Gasteiger partial charge in [0, 0.05) is 22.9 Å². The summed E-state index contributed by atoms with van der Waals surface area (Å²) >= 11 is 0. The standard InChI is InChI=1S/C22H12N2O3/c25-12-13-5-7-14(8-6-13)15-9-10-18-23-19-20(24(18)11-15)22(27)17-4-2-1-3-16(17)21(19)26/h1-12H. The van der Waals surface area contributed by atoms with Crippen molar-refractivity contribution in [2.24, 2.45) is 0 Å². The van der Waals surface area contributed by atoms with Crippen LogP contribution in [0.25, 0.3) is 16.8 Å². The minimum atomic E-state index is -0.235. The minimum absolute atomic E-state index is 0.187. The second-order valence-corrected chi connectivity index (χ2v) is 6.40. The van der Waals surface area contributed by atoms with Crippen molar-refractivity contribution in [3.8, 4) is 11.1 Å². The Labute approximate surface area is 153 Å². The molecule has 5 heteroatoms. The van der Waals surface area contributed by atoms with Crippen LogP contribution in [0.5, 0.6) is 0 Å². The molecule has 0 aliphatic heterocycles. The van der Waals surface area contributed by atoms with Crippen LogP contribution in [0.1, 0.15) is 42.5 Å². The minimum Gasteiger partial charge on any atom is -0.298 e. The number of fused-ring (bicyclic) bond motifs is 4. The second kappa shape index (κ2) is 5.57. The van der Waals surface area contributed by atoms with E-state index in [2.05, 4.69) is 4.98 Å². The van der Waals surface area contributed by atoms with Gasteiger partial charge in [-0.1, -0.05) is 48.5 Å². The fourth-order valence-electron chi connectivity index (χ4n) is 3.48. The average molecular weight is 352 g/mol. The van der Waals surface area contributed by atoms with E-state index < -0.39 is 0 Å². The maximum absolute atomic E-state index is 13.0. The quantitative estimate of drug-likeness (QED) is 0.455. The van der Waals surface area contributed by atoms with E-state index >= 15 is 0 Å². The molecule has 128 valence electrons. The summed E-state index contributed by atoms with van der Waals surface area (Å²) in [5.74, 6) is -0.443. The molecule has 1 aliphatic carbocycles. The van der Waals surface area contributed by atoms with E-state index in [1.807, 2.05) is 18.2 Å². The summed E-state index contributed by atoms with van der Waals surface area (Å²) in [6.45, 7) is 0. The number of carbonyl (C=O) groups is 3. The molecule has 27 heavy (non-hydrogen) atoms. The molecule has 1 aliphatic rings. The molecule has 5 nitrogen and oxygen atoms in total. The van der Waals surface area contributed by atoms with Gasteiger partial charge in [-0.2, -0.15) is 0 Å². The SMILES string of the molecule is O=Cc1ccc(-c2ccc3nc4c(n3c2)C(=O)c2ccccc2C4=O)cc1. The number of benzene rings is 2. The molecule has 0 saturated heterocycles. The molecule has 2 heterocycles. The Balaban J connectivity index is 1.72. The number of carbonyl (C=O) groups excluding carboxylic acids is 3. The van der Waals surface area contributed by atoms with Crippen LogP contribution >= 0.6 is 0 Å². The number of imidazole rings is 1. The highest BCUT2D eigenvalue weighted by Gasteiger charge is 2.33. The van der Waals surface area contributed by atoms with Gasteiger partial charge in [0.2, 0.25) is 11.6 Å². The Morgan fingerprint density at radius 2 is 1.44 bits per heavy atom. The predicted octanol–water partition coefficient (Wildman–Crippen LogP) is 3.59. The number of aromatic nitrogens is 2. The number of rotatable bonds is 2. The lowest BCUT2D eigenvalue weighted by Crippen LogP contribution is -2.21. The first-order chi connectivity index (χ1) is 13.2. The third kappa shape index (κ3) is 2.18. The number of hydrogen-bond donors (Lipinski definition) is 0. The Morgan fingerprint density at radius 1 is 0.778 bits per heavy atom.